The normalized spacial score (nSPS) is 12.5. The van der Waals surface area contributed by atoms with E-state index in [1.165, 1.54) is 56.4 Å². The van der Waals surface area contributed by atoms with Crippen LogP contribution in [-0.2, 0) is 43.6 Å². The third kappa shape index (κ3) is 9.23. The molecule has 0 saturated carbocycles. The molecule has 23 heteroatoms. The zero-order valence-electron chi connectivity index (χ0n) is 22.6. The van der Waals surface area contributed by atoms with Gasteiger partial charge in [-0.2, -0.15) is 18.2 Å². The summed E-state index contributed by atoms with van der Waals surface area (Å²) in [6.07, 6.45) is 0. The Hall–Kier alpha value is -3.55. The van der Waals surface area contributed by atoms with Crippen molar-refractivity contribution in [2.24, 2.45) is 15.5 Å². The van der Waals surface area contributed by atoms with Gasteiger partial charge in [-0.05, 0) is 49.4 Å². The lowest BCUT2D eigenvalue weighted by Crippen LogP contribution is -2.21. The summed E-state index contributed by atoms with van der Waals surface area (Å²) in [6.45, 7) is 0.530. The van der Waals surface area contributed by atoms with E-state index in [1.54, 1.807) is 0 Å². The highest BCUT2D eigenvalue weighted by molar-refractivity contribution is 7.95. The number of azo groups is 1. The van der Waals surface area contributed by atoms with E-state index >= 15 is 0 Å². The molecule has 1 heterocycles. The smallest absolute Gasteiger partial charge is 0.397 e. The maximum Gasteiger partial charge on any atom is 0.397 e. The van der Waals surface area contributed by atoms with Crippen molar-refractivity contribution in [3.05, 3.63) is 53.1 Å². The number of nitroso groups, excluding NO2 is 1. The second-order valence-corrected chi connectivity index (χ2v) is 14.6. The minimum atomic E-state index is -4.80. The van der Waals surface area contributed by atoms with Crippen molar-refractivity contribution < 1.29 is 53.7 Å². The second kappa shape index (κ2) is 14.5. The highest BCUT2D eigenvalue weighted by Crippen LogP contribution is 2.37. The minimum absolute atomic E-state index is 0.0362. The summed E-state index contributed by atoms with van der Waals surface area (Å²) in [5.74, 6) is -1.65. The average molecular weight is 697 g/mol. The highest BCUT2D eigenvalue weighted by Gasteiger charge is 2.21. The van der Waals surface area contributed by atoms with Gasteiger partial charge in [0.05, 0.1) is 68.1 Å². The number of sulfone groups is 2. The van der Waals surface area contributed by atoms with Gasteiger partial charge < -0.3 is 5.11 Å². The zero-order chi connectivity index (χ0) is 32.7. The molecule has 0 aliphatic heterocycles. The van der Waals surface area contributed by atoms with Crippen molar-refractivity contribution in [2.75, 3.05) is 31.7 Å². The van der Waals surface area contributed by atoms with Crippen LogP contribution in [-0.4, -0.2) is 86.7 Å². The largest absolute Gasteiger partial charge is 0.492 e. The van der Waals surface area contributed by atoms with Gasteiger partial charge in [-0.15, -0.1) is 19.5 Å². The Balaban J connectivity index is 1.86. The molecule has 0 atom stereocenters. The van der Waals surface area contributed by atoms with Crippen molar-refractivity contribution >= 4 is 53.5 Å². The van der Waals surface area contributed by atoms with Crippen LogP contribution < -0.4 is 0 Å². The molecule has 1 aromatic heterocycles. The predicted molar refractivity (Wildman–Crippen MR) is 151 cm³/mol. The highest BCUT2D eigenvalue weighted by atomic mass is 32.3. The first-order valence-electron chi connectivity index (χ1n) is 11.8. The van der Waals surface area contributed by atoms with E-state index in [0.717, 1.165) is 9.69 Å². The molecule has 3 aromatic rings. The lowest BCUT2D eigenvalue weighted by Gasteiger charge is -2.10. The number of hydrogen-bond donors (Lipinski definition) is 3. The van der Waals surface area contributed by atoms with Crippen LogP contribution in [0, 0.1) is 11.8 Å². The number of benzene rings is 2. The van der Waals surface area contributed by atoms with E-state index < -0.39 is 54.1 Å². The Bertz CT molecular complexity index is 1840. The van der Waals surface area contributed by atoms with E-state index in [0.29, 0.717) is 12.0 Å². The van der Waals surface area contributed by atoms with Gasteiger partial charge in [0.2, 0.25) is 5.88 Å². The molecule has 44 heavy (non-hydrogen) atoms. The molecule has 0 spiro atoms. The van der Waals surface area contributed by atoms with Gasteiger partial charge >= 0.3 is 10.4 Å². The van der Waals surface area contributed by atoms with Crippen LogP contribution in [0.1, 0.15) is 5.69 Å². The van der Waals surface area contributed by atoms with Gasteiger partial charge in [0.1, 0.15) is 5.69 Å². The van der Waals surface area contributed by atoms with Crippen molar-refractivity contribution in [3.8, 4) is 11.6 Å². The number of rotatable bonds is 16. The van der Waals surface area contributed by atoms with Crippen LogP contribution in [0.4, 0.5) is 11.4 Å². The molecule has 0 unspecified atom stereocenters. The number of hydrogen-bond acceptors (Lipinski definition) is 17. The number of aryl methyl sites for hydroxylation is 1. The van der Waals surface area contributed by atoms with E-state index in [9.17, 15) is 35.3 Å². The van der Waals surface area contributed by atoms with Crippen molar-refractivity contribution in [1.29, 1.82) is 0 Å². The second-order valence-electron chi connectivity index (χ2n) is 8.57. The predicted octanol–water partition coefficient (Wildman–Crippen LogP) is 2.71. The molecule has 0 aliphatic rings. The maximum absolute atomic E-state index is 12.7. The van der Waals surface area contributed by atoms with Gasteiger partial charge in [0.15, 0.2) is 25.4 Å². The van der Waals surface area contributed by atoms with Crippen LogP contribution in [0.2, 0.25) is 0 Å². The zero-order valence-corrected chi connectivity index (χ0v) is 25.9. The number of aromatic nitrogens is 2. The Labute approximate surface area is 254 Å². The fourth-order valence-electron chi connectivity index (χ4n) is 3.37. The molecule has 3 rings (SSSR count). The summed E-state index contributed by atoms with van der Waals surface area (Å²) >= 11 is 0.409. The minimum Gasteiger partial charge on any atom is -0.492 e. The van der Waals surface area contributed by atoms with Gasteiger partial charge in [-0.25, -0.2) is 26.3 Å². The first kappa shape index (κ1) is 34.9. The molecule has 19 nitrogen and oxygen atoms in total. The summed E-state index contributed by atoms with van der Waals surface area (Å²) in [5, 5.41) is 38.7. The summed E-state index contributed by atoms with van der Waals surface area (Å²) in [5.41, 5.74) is 0.355. The van der Waals surface area contributed by atoms with Crippen molar-refractivity contribution in [2.45, 2.75) is 21.6 Å². The molecular weight excluding hydrogens is 673 g/mol. The first-order valence-corrected chi connectivity index (χ1v) is 17.2. The van der Waals surface area contributed by atoms with Crippen molar-refractivity contribution in [3.63, 3.8) is 0 Å². The van der Waals surface area contributed by atoms with Crippen molar-refractivity contribution in [1.82, 2.24) is 14.8 Å². The van der Waals surface area contributed by atoms with Gasteiger partial charge in [-0.3, -0.25) is 9.56 Å². The number of nitrogens with zero attached hydrogens (tertiary/aromatic N) is 6. The Morgan fingerprint density at radius 1 is 0.977 bits per heavy atom. The molecule has 2 aromatic carbocycles. The monoisotopic (exact) mass is 696 g/mol. The SMILES string of the molecule is Cc1nn(-c2ccc(S(=O)(=O)CCOS(=O)(=O)O)cc2)c(O)c1N=Nc1ccc(S(=O)(=O)CCN(C)N=O)cc1SOOO. The van der Waals surface area contributed by atoms with E-state index in [2.05, 4.69) is 34.2 Å². The summed E-state index contributed by atoms with van der Waals surface area (Å²) < 4.78 is 89.6. The molecule has 0 fully saturated rings. The van der Waals surface area contributed by atoms with Gasteiger partial charge in [0.25, 0.3) is 0 Å². The standard InChI is InChI=1S/C21H24N6O13S4/c1-14-20(21(28)27(24-14)15-3-5-16(6-4-15)43(33,34)12-10-38-44(35,36)37)23-22-18-8-7-17(13-19(18)41-40-39-30)42(31,32)11-9-26(2)25-29/h3-8,13,28,30H,9-12H2,1-2H3,(H,35,36,37). The van der Waals surface area contributed by atoms with Crippen LogP contribution >= 0.6 is 12.0 Å². The molecule has 0 radical (unpaired) electrons. The van der Waals surface area contributed by atoms with E-state index in [1.807, 2.05) is 0 Å². The Kier molecular flexibility index (Phi) is 11.5. The lowest BCUT2D eigenvalue weighted by molar-refractivity contribution is -0.432. The Morgan fingerprint density at radius 3 is 2.23 bits per heavy atom. The number of aromatic hydroxyl groups is 1. The molecule has 0 amide bonds. The van der Waals surface area contributed by atoms with E-state index in [4.69, 9.17) is 9.81 Å². The molecular formula is C21H24N6O13S4. The molecule has 240 valence electrons. The van der Waals surface area contributed by atoms with Crippen LogP contribution in [0.25, 0.3) is 5.69 Å². The first-order chi connectivity index (χ1) is 20.6. The fourth-order valence-corrected chi connectivity index (χ4v) is 6.72. The van der Waals surface area contributed by atoms with E-state index in [-0.39, 0.29) is 44.0 Å². The average Bonchev–Trinajstić information content (AvgIpc) is 3.25. The third-order valence-corrected chi connectivity index (χ3v) is 10.0. The quantitative estimate of drug-likeness (QED) is 0.0485. The molecule has 3 N–H and O–H groups in total. The van der Waals surface area contributed by atoms with Gasteiger partial charge in [-0.1, -0.05) is 5.04 Å². The van der Waals surface area contributed by atoms with Crippen LogP contribution in [0.15, 0.2) is 72.7 Å². The summed E-state index contributed by atoms with van der Waals surface area (Å²) in [7, 11) is -11.3. The lowest BCUT2D eigenvalue weighted by atomic mass is 10.3. The summed E-state index contributed by atoms with van der Waals surface area (Å²) in [6, 6.07) is 8.67. The van der Waals surface area contributed by atoms with Crippen LogP contribution in [0.5, 0.6) is 5.88 Å². The maximum atomic E-state index is 12.7. The van der Waals surface area contributed by atoms with Gasteiger partial charge in [0, 0.05) is 7.05 Å². The third-order valence-electron chi connectivity index (χ3n) is 5.56. The van der Waals surface area contributed by atoms with Crippen LogP contribution in [0.3, 0.4) is 0 Å². The molecule has 0 aliphatic carbocycles. The topological polar surface area (TPSA) is 266 Å². The molecule has 0 saturated heterocycles. The summed E-state index contributed by atoms with van der Waals surface area (Å²) in [4.78, 5) is 10.2. The molecule has 0 bridgehead atoms. The Morgan fingerprint density at radius 2 is 1.61 bits per heavy atom. The fraction of sp³-hybridized carbons (Fsp3) is 0.286.